The van der Waals surface area contributed by atoms with Crippen molar-refractivity contribution in [1.82, 2.24) is 14.9 Å². The Kier molecular flexibility index (Phi) is 5.01. The SMILES string of the molecule is NC(=O)CCCCNS(=O)(=O)c1[nH]ncc1C(=O)O. The molecular weight excluding hydrogens is 276 g/mol. The second-order valence-corrected chi connectivity index (χ2v) is 5.44. The Morgan fingerprint density at radius 1 is 1.42 bits per heavy atom. The molecule has 0 aliphatic carbocycles. The van der Waals surface area contributed by atoms with Crippen LogP contribution in [0.1, 0.15) is 29.6 Å². The molecule has 0 bridgehead atoms. The molecule has 1 heterocycles. The molecule has 1 aromatic heterocycles. The third kappa shape index (κ3) is 4.34. The largest absolute Gasteiger partial charge is 0.478 e. The molecule has 10 heteroatoms. The van der Waals surface area contributed by atoms with Gasteiger partial charge in [0.1, 0.15) is 5.56 Å². The fourth-order valence-corrected chi connectivity index (χ4v) is 2.49. The molecular formula is C9H14N4O5S. The van der Waals surface area contributed by atoms with Gasteiger partial charge in [-0.05, 0) is 12.8 Å². The van der Waals surface area contributed by atoms with Gasteiger partial charge in [-0.2, -0.15) is 5.10 Å². The first-order valence-electron chi connectivity index (χ1n) is 5.39. The van der Waals surface area contributed by atoms with Gasteiger partial charge in [-0.3, -0.25) is 9.89 Å². The van der Waals surface area contributed by atoms with Crippen LogP contribution in [0.5, 0.6) is 0 Å². The van der Waals surface area contributed by atoms with E-state index in [0.29, 0.717) is 12.8 Å². The summed E-state index contributed by atoms with van der Waals surface area (Å²) >= 11 is 0. The smallest absolute Gasteiger partial charge is 0.340 e. The molecule has 1 amide bonds. The van der Waals surface area contributed by atoms with E-state index >= 15 is 0 Å². The normalized spacial score (nSPS) is 11.4. The number of hydrogen-bond donors (Lipinski definition) is 4. The summed E-state index contributed by atoms with van der Waals surface area (Å²) < 4.78 is 25.8. The molecule has 0 atom stereocenters. The Morgan fingerprint density at radius 3 is 2.68 bits per heavy atom. The number of aromatic carboxylic acids is 1. The van der Waals surface area contributed by atoms with Gasteiger partial charge in [-0.15, -0.1) is 0 Å². The third-order valence-electron chi connectivity index (χ3n) is 2.25. The van der Waals surface area contributed by atoms with Crippen LogP contribution in [0, 0.1) is 0 Å². The van der Waals surface area contributed by atoms with Gasteiger partial charge in [-0.1, -0.05) is 0 Å². The van der Waals surface area contributed by atoms with Crippen molar-refractivity contribution < 1.29 is 23.1 Å². The molecule has 0 spiro atoms. The van der Waals surface area contributed by atoms with Gasteiger partial charge in [0.2, 0.25) is 5.91 Å². The molecule has 1 rings (SSSR count). The monoisotopic (exact) mass is 290 g/mol. The number of nitrogens with zero attached hydrogens (tertiary/aromatic N) is 1. The Labute approximate surface area is 109 Å². The first-order valence-corrected chi connectivity index (χ1v) is 6.87. The van der Waals surface area contributed by atoms with Crippen LogP contribution in [0.15, 0.2) is 11.2 Å². The van der Waals surface area contributed by atoms with Crippen LogP contribution in [-0.4, -0.2) is 42.1 Å². The molecule has 19 heavy (non-hydrogen) atoms. The minimum absolute atomic E-state index is 0.0771. The Balaban J connectivity index is 2.59. The molecule has 0 aliphatic heterocycles. The molecule has 0 aliphatic rings. The van der Waals surface area contributed by atoms with Crippen molar-refractivity contribution in [3.05, 3.63) is 11.8 Å². The van der Waals surface area contributed by atoms with E-state index in [1.54, 1.807) is 0 Å². The van der Waals surface area contributed by atoms with Crippen LogP contribution in [0.3, 0.4) is 0 Å². The minimum Gasteiger partial charge on any atom is -0.478 e. The van der Waals surface area contributed by atoms with Crippen LogP contribution in [0.25, 0.3) is 0 Å². The van der Waals surface area contributed by atoms with Crippen molar-refractivity contribution in [1.29, 1.82) is 0 Å². The number of aromatic nitrogens is 2. The Morgan fingerprint density at radius 2 is 2.11 bits per heavy atom. The molecule has 0 saturated carbocycles. The maximum absolute atomic E-state index is 11.8. The molecule has 0 aromatic carbocycles. The summed E-state index contributed by atoms with van der Waals surface area (Å²) in [6.07, 6.45) is 1.96. The number of amides is 1. The number of sulfonamides is 1. The molecule has 106 valence electrons. The summed E-state index contributed by atoms with van der Waals surface area (Å²) in [5, 5.41) is 13.8. The van der Waals surface area contributed by atoms with E-state index in [1.165, 1.54) is 0 Å². The van der Waals surface area contributed by atoms with Gasteiger partial charge in [0.05, 0.1) is 6.20 Å². The number of carbonyl (C=O) groups excluding carboxylic acids is 1. The van der Waals surface area contributed by atoms with Crippen LogP contribution in [0.2, 0.25) is 0 Å². The number of hydrogen-bond acceptors (Lipinski definition) is 5. The van der Waals surface area contributed by atoms with Crippen molar-refractivity contribution in [2.24, 2.45) is 5.73 Å². The number of aromatic amines is 1. The Hall–Kier alpha value is -1.94. The number of rotatable bonds is 8. The van der Waals surface area contributed by atoms with Crippen molar-refractivity contribution in [2.75, 3.05) is 6.54 Å². The molecule has 0 unspecified atom stereocenters. The van der Waals surface area contributed by atoms with E-state index < -0.39 is 32.5 Å². The van der Waals surface area contributed by atoms with E-state index in [2.05, 4.69) is 14.9 Å². The average Bonchev–Trinajstić information content (AvgIpc) is 2.77. The average molecular weight is 290 g/mol. The number of carboxylic acids is 1. The van der Waals surface area contributed by atoms with Crippen LogP contribution in [-0.2, 0) is 14.8 Å². The number of primary amides is 1. The van der Waals surface area contributed by atoms with E-state index in [-0.39, 0.29) is 13.0 Å². The molecule has 0 saturated heterocycles. The lowest BCUT2D eigenvalue weighted by atomic mass is 10.2. The number of H-pyrrole nitrogens is 1. The lowest BCUT2D eigenvalue weighted by molar-refractivity contribution is -0.118. The van der Waals surface area contributed by atoms with Crippen LogP contribution in [0.4, 0.5) is 0 Å². The number of unbranched alkanes of at least 4 members (excludes halogenated alkanes) is 1. The van der Waals surface area contributed by atoms with E-state index in [9.17, 15) is 18.0 Å². The number of carbonyl (C=O) groups is 2. The van der Waals surface area contributed by atoms with Gasteiger partial charge in [0.25, 0.3) is 10.0 Å². The highest BCUT2D eigenvalue weighted by Crippen LogP contribution is 2.11. The highest BCUT2D eigenvalue weighted by Gasteiger charge is 2.24. The maximum Gasteiger partial charge on any atom is 0.340 e. The van der Waals surface area contributed by atoms with Gasteiger partial charge >= 0.3 is 5.97 Å². The van der Waals surface area contributed by atoms with Crippen LogP contribution >= 0.6 is 0 Å². The zero-order chi connectivity index (χ0) is 14.5. The molecule has 9 nitrogen and oxygen atoms in total. The summed E-state index contributed by atoms with van der Waals surface area (Å²) in [5.74, 6) is -1.84. The van der Waals surface area contributed by atoms with E-state index in [0.717, 1.165) is 6.20 Å². The van der Waals surface area contributed by atoms with Gasteiger partial charge in [-0.25, -0.2) is 17.9 Å². The third-order valence-corrected chi connectivity index (χ3v) is 3.68. The molecule has 0 radical (unpaired) electrons. The van der Waals surface area contributed by atoms with Gasteiger partial charge in [0, 0.05) is 13.0 Å². The number of nitrogens with two attached hydrogens (primary N) is 1. The predicted octanol–water partition coefficient (Wildman–Crippen LogP) is -0.958. The molecule has 1 aromatic rings. The lowest BCUT2D eigenvalue weighted by Gasteiger charge is -2.05. The first-order chi connectivity index (χ1) is 8.84. The van der Waals surface area contributed by atoms with Crippen LogP contribution < -0.4 is 10.5 Å². The van der Waals surface area contributed by atoms with Gasteiger partial charge < -0.3 is 10.8 Å². The fraction of sp³-hybridized carbons (Fsp3) is 0.444. The minimum atomic E-state index is -3.96. The molecule has 5 N–H and O–H groups in total. The summed E-state index contributed by atoms with van der Waals surface area (Å²) in [4.78, 5) is 21.2. The predicted molar refractivity (Wildman–Crippen MR) is 63.8 cm³/mol. The van der Waals surface area contributed by atoms with Crippen molar-refractivity contribution in [3.63, 3.8) is 0 Å². The fourth-order valence-electron chi connectivity index (χ4n) is 1.33. The highest BCUT2D eigenvalue weighted by molar-refractivity contribution is 7.89. The summed E-state index contributed by atoms with van der Waals surface area (Å²) in [6, 6.07) is 0. The topological polar surface area (TPSA) is 155 Å². The summed E-state index contributed by atoms with van der Waals surface area (Å²) in [7, 11) is -3.96. The summed E-state index contributed by atoms with van der Waals surface area (Å²) in [6.45, 7) is 0.0771. The second-order valence-electron chi connectivity index (χ2n) is 3.74. The maximum atomic E-state index is 11.8. The van der Waals surface area contributed by atoms with Gasteiger partial charge in [0.15, 0.2) is 5.03 Å². The number of carboxylic acid groups (broad SMARTS) is 1. The second kappa shape index (κ2) is 6.29. The molecule has 0 fully saturated rings. The van der Waals surface area contributed by atoms with E-state index in [4.69, 9.17) is 10.8 Å². The van der Waals surface area contributed by atoms with Crippen molar-refractivity contribution in [3.8, 4) is 0 Å². The standard InChI is InChI=1S/C9H14N4O5S/c10-7(14)3-1-2-4-12-19(17,18)8-6(9(15)16)5-11-13-8/h5,12H,1-4H2,(H2,10,14)(H,11,13)(H,15,16). The van der Waals surface area contributed by atoms with E-state index in [1.807, 2.05) is 0 Å². The highest BCUT2D eigenvalue weighted by atomic mass is 32.2. The van der Waals surface area contributed by atoms with Crippen molar-refractivity contribution in [2.45, 2.75) is 24.3 Å². The number of nitrogens with one attached hydrogen (secondary N) is 2. The zero-order valence-corrected chi connectivity index (χ0v) is 10.7. The zero-order valence-electron chi connectivity index (χ0n) is 9.92. The lowest BCUT2D eigenvalue weighted by Crippen LogP contribution is -2.26. The first kappa shape index (κ1) is 15.1. The quantitative estimate of drug-likeness (QED) is 0.452. The Bertz CT molecular complexity index is 565. The summed E-state index contributed by atoms with van der Waals surface area (Å²) in [5.41, 5.74) is 4.51. The van der Waals surface area contributed by atoms with Crippen molar-refractivity contribution >= 4 is 21.9 Å².